The van der Waals surface area contributed by atoms with Crippen molar-refractivity contribution in [2.45, 2.75) is 147 Å². The number of morpholine rings is 1. The Morgan fingerprint density at radius 1 is 0.956 bits per heavy atom. The van der Waals surface area contributed by atoms with E-state index in [0.29, 0.717) is 64.4 Å². The number of carbonyl (C=O) groups is 1. The molecule has 5 aliphatic rings. The Kier molecular flexibility index (Phi) is 13.3. The van der Waals surface area contributed by atoms with E-state index in [1.807, 2.05) is 49.9 Å². The van der Waals surface area contributed by atoms with Gasteiger partial charge in [0.1, 0.15) is 36.6 Å². The molecule has 366 valence electrons. The van der Waals surface area contributed by atoms with Gasteiger partial charge < -0.3 is 28.6 Å². The number of rotatable bonds is 13. The van der Waals surface area contributed by atoms with Crippen molar-refractivity contribution in [3.8, 4) is 34.4 Å². The quantitative estimate of drug-likeness (QED) is 0.0732. The van der Waals surface area contributed by atoms with Gasteiger partial charge >= 0.3 is 12.1 Å². The molecule has 3 aliphatic heterocycles. The van der Waals surface area contributed by atoms with Crippen LogP contribution in [0.5, 0.6) is 11.8 Å². The molecule has 2 bridgehead atoms. The van der Waals surface area contributed by atoms with Crippen LogP contribution in [0, 0.1) is 28.5 Å². The number of aromatic nitrogens is 2. The first-order valence-electron chi connectivity index (χ1n) is 25.0. The van der Waals surface area contributed by atoms with Crippen molar-refractivity contribution >= 4 is 41.7 Å². The van der Waals surface area contributed by atoms with Crippen LogP contribution in [0.3, 0.4) is 0 Å². The number of halogens is 2. The molecule has 2 unspecified atom stereocenters. The summed E-state index contributed by atoms with van der Waals surface area (Å²) in [5, 5.41) is 1.60. The lowest BCUT2D eigenvalue weighted by Crippen LogP contribution is -2.62. The van der Waals surface area contributed by atoms with Gasteiger partial charge in [-0.25, -0.2) is 13.6 Å². The van der Waals surface area contributed by atoms with Gasteiger partial charge in [-0.15, -0.1) is 5.54 Å². The summed E-state index contributed by atoms with van der Waals surface area (Å²) in [6, 6.07) is 10.4. The maximum Gasteiger partial charge on any atom is 0.410 e. The number of ether oxygens (including phenoxy) is 5. The molecule has 1 aromatic heterocycles. The Balaban J connectivity index is 1.16. The standard InChI is InChI=1S/C54H71F2N5O6Si/c1-34(2)68(35(3)4,36(5)6)24-17-37-13-11-14-38-25-41(66-33-63-10)26-42(45(37)38)46-44(55)27-43-48(47(46)56)57-50(65-31-53(20-21-53)30-60-22-23-64-32-54(60)18-12-19-54)58-49(43)59-28-39-15-16-40(29-59)61(39)51(62)67-52(7,8)9/h11,13-14,25-27,34-36,39-40H,12,15-16,18-23,28-33H2,1-10H3. The van der Waals surface area contributed by atoms with Crippen molar-refractivity contribution in [2.75, 3.05) is 64.8 Å². The highest BCUT2D eigenvalue weighted by molar-refractivity contribution is 6.90. The zero-order valence-electron chi connectivity index (χ0n) is 41.9. The third kappa shape index (κ3) is 9.06. The lowest BCUT2D eigenvalue weighted by atomic mass is 9.74. The molecule has 0 N–H and O–H groups in total. The summed E-state index contributed by atoms with van der Waals surface area (Å²) in [7, 11) is -0.664. The third-order valence-electron chi connectivity index (χ3n) is 15.9. The van der Waals surface area contributed by atoms with Gasteiger partial charge in [-0.05, 0) is 112 Å². The van der Waals surface area contributed by atoms with Crippen molar-refractivity contribution in [1.82, 2.24) is 19.8 Å². The lowest BCUT2D eigenvalue weighted by molar-refractivity contribution is -0.115. The molecule has 11 nitrogen and oxygen atoms in total. The van der Waals surface area contributed by atoms with Crippen LogP contribution in [0.2, 0.25) is 16.6 Å². The molecule has 3 saturated heterocycles. The Hall–Kier alpha value is -4.55. The van der Waals surface area contributed by atoms with E-state index < -0.39 is 25.3 Å². The van der Waals surface area contributed by atoms with Crippen LogP contribution >= 0.6 is 0 Å². The Labute approximate surface area is 402 Å². The number of fused-ring (bicyclic) bond motifs is 4. The summed E-state index contributed by atoms with van der Waals surface area (Å²) in [5.41, 5.74) is 5.12. The van der Waals surface area contributed by atoms with Crippen molar-refractivity contribution < 1.29 is 37.3 Å². The van der Waals surface area contributed by atoms with Crippen molar-refractivity contribution in [3.05, 3.63) is 53.6 Å². The normalized spacial score (nSPS) is 21.2. The zero-order valence-corrected chi connectivity index (χ0v) is 42.9. The van der Waals surface area contributed by atoms with Gasteiger partial charge in [-0.3, -0.25) is 9.80 Å². The third-order valence-corrected chi connectivity index (χ3v) is 22.2. The number of amides is 1. The predicted molar refractivity (Wildman–Crippen MR) is 266 cm³/mol. The topological polar surface area (TPSA) is 98.7 Å². The number of hydrogen-bond donors (Lipinski definition) is 0. The average molecular weight is 952 g/mol. The van der Waals surface area contributed by atoms with Crippen LogP contribution in [0.15, 0.2) is 36.4 Å². The summed E-state index contributed by atoms with van der Waals surface area (Å²) in [5.74, 6) is 2.79. The van der Waals surface area contributed by atoms with E-state index in [1.54, 1.807) is 6.07 Å². The maximum atomic E-state index is 18.1. The molecule has 2 aliphatic carbocycles. The Morgan fingerprint density at radius 2 is 1.66 bits per heavy atom. The van der Waals surface area contributed by atoms with E-state index in [1.165, 1.54) is 19.6 Å². The Morgan fingerprint density at radius 3 is 2.28 bits per heavy atom. The van der Waals surface area contributed by atoms with Crippen LogP contribution in [0.1, 0.15) is 113 Å². The molecule has 1 amide bonds. The van der Waals surface area contributed by atoms with Gasteiger partial charge in [-0.1, -0.05) is 59.6 Å². The number of piperazine rings is 1. The fraction of sp³-hybridized carbons (Fsp3) is 0.611. The molecule has 9 rings (SSSR count). The van der Waals surface area contributed by atoms with Crippen LogP contribution in [-0.4, -0.2) is 117 Å². The lowest BCUT2D eigenvalue weighted by Gasteiger charge is -2.53. The first kappa shape index (κ1) is 48.5. The molecule has 2 saturated carbocycles. The van der Waals surface area contributed by atoms with Gasteiger partial charge in [0.2, 0.25) is 0 Å². The molecule has 4 aromatic rings. The molecule has 3 aromatic carbocycles. The van der Waals surface area contributed by atoms with Crippen molar-refractivity contribution in [3.63, 3.8) is 0 Å². The van der Waals surface area contributed by atoms with Gasteiger partial charge in [0.05, 0.1) is 37.5 Å². The fourth-order valence-corrected chi connectivity index (χ4v) is 17.3. The molecule has 5 fully saturated rings. The minimum absolute atomic E-state index is 0.0412. The second-order valence-corrected chi connectivity index (χ2v) is 27.9. The van der Waals surface area contributed by atoms with Crippen molar-refractivity contribution in [2.24, 2.45) is 5.41 Å². The highest BCUT2D eigenvalue weighted by Gasteiger charge is 2.52. The summed E-state index contributed by atoms with van der Waals surface area (Å²) in [4.78, 5) is 29.9. The minimum atomic E-state index is -2.20. The minimum Gasteiger partial charge on any atom is -0.468 e. The number of methoxy groups -OCH3 is 1. The molecule has 2 atom stereocenters. The highest BCUT2D eigenvalue weighted by Crippen LogP contribution is 2.51. The van der Waals surface area contributed by atoms with Crippen LogP contribution in [0.4, 0.5) is 19.4 Å². The second kappa shape index (κ2) is 18.6. The van der Waals surface area contributed by atoms with Crippen LogP contribution in [-0.2, 0) is 14.2 Å². The molecule has 1 spiro atoms. The summed E-state index contributed by atoms with van der Waals surface area (Å²) in [6.07, 6.45) is 6.73. The summed E-state index contributed by atoms with van der Waals surface area (Å²) in [6.45, 7) is 23.7. The van der Waals surface area contributed by atoms with Gasteiger partial charge in [0.25, 0.3) is 0 Å². The largest absolute Gasteiger partial charge is 0.468 e. The smallest absolute Gasteiger partial charge is 0.410 e. The average Bonchev–Trinajstić information content (AvgIpc) is 3.98. The van der Waals surface area contributed by atoms with Gasteiger partial charge in [0, 0.05) is 66.1 Å². The van der Waals surface area contributed by atoms with Crippen LogP contribution < -0.4 is 14.4 Å². The summed E-state index contributed by atoms with van der Waals surface area (Å²) >= 11 is 0. The predicted octanol–water partition coefficient (Wildman–Crippen LogP) is 11.3. The Bertz CT molecular complexity index is 2580. The molecule has 0 radical (unpaired) electrons. The molecular formula is C54H71F2N5O6Si. The monoisotopic (exact) mass is 952 g/mol. The number of carbonyl (C=O) groups excluding carboxylic acids is 1. The number of nitrogens with zero attached hydrogens (tertiary/aromatic N) is 5. The van der Waals surface area contributed by atoms with Crippen LogP contribution in [0.25, 0.3) is 32.8 Å². The maximum absolute atomic E-state index is 18.1. The van der Waals surface area contributed by atoms with E-state index in [4.69, 9.17) is 33.7 Å². The first-order chi connectivity index (χ1) is 32.4. The van der Waals surface area contributed by atoms with E-state index in [2.05, 4.69) is 62.8 Å². The van der Waals surface area contributed by atoms with Gasteiger partial charge in [0.15, 0.2) is 12.6 Å². The second-order valence-electron chi connectivity index (χ2n) is 22.4. The molecule has 4 heterocycles. The van der Waals surface area contributed by atoms with E-state index >= 15 is 8.78 Å². The molecule has 68 heavy (non-hydrogen) atoms. The van der Waals surface area contributed by atoms with Crippen molar-refractivity contribution in [1.29, 1.82) is 0 Å². The first-order valence-corrected chi connectivity index (χ1v) is 27.2. The van der Waals surface area contributed by atoms with E-state index in [-0.39, 0.29) is 58.4 Å². The molecule has 14 heteroatoms. The fourth-order valence-electron chi connectivity index (χ4n) is 12.1. The summed E-state index contributed by atoms with van der Waals surface area (Å²) < 4.78 is 65.2. The number of benzene rings is 3. The van der Waals surface area contributed by atoms with Gasteiger partial charge in [-0.2, -0.15) is 9.97 Å². The highest BCUT2D eigenvalue weighted by atomic mass is 28.3. The van der Waals surface area contributed by atoms with E-state index in [9.17, 15) is 4.79 Å². The SMILES string of the molecule is COCOc1cc(-c2c(F)cc3c(N4CC5CCC(C4)N5C(=O)OC(C)(C)C)nc(OCC4(CN5CCOCC56CCC6)CC4)nc3c2F)c2c(C#C[Si](C(C)C)(C(C)C)C(C)C)cccc2c1. The molecular weight excluding hydrogens is 881 g/mol. The zero-order chi connectivity index (χ0) is 48.3. The number of hydrogen-bond acceptors (Lipinski definition) is 10. The van der Waals surface area contributed by atoms with E-state index in [0.717, 1.165) is 70.2 Å². The number of anilines is 1.